The lowest BCUT2D eigenvalue weighted by atomic mass is 10.1. The minimum atomic E-state index is -0.214. The Labute approximate surface area is 146 Å². The van der Waals surface area contributed by atoms with Gasteiger partial charge >= 0.3 is 0 Å². The maximum Gasteiger partial charge on any atom is 0.254 e. The van der Waals surface area contributed by atoms with Crippen LogP contribution in [0.5, 0.6) is 11.5 Å². The van der Waals surface area contributed by atoms with Gasteiger partial charge < -0.3 is 23.7 Å². The van der Waals surface area contributed by atoms with Crippen molar-refractivity contribution in [2.75, 3.05) is 32.9 Å². The normalized spacial score (nSPS) is 19.8. The van der Waals surface area contributed by atoms with Crippen molar-refractivity contribution in [3.63, 3.8) is 0 Å². The Hall–Kier alpha value is -2.54. The average Bonchev–Trinajstić information content (AvgIpc) is 2.99. The lowest BCUT2D eigenvalue weighted by Crippen LogP contribution is -2.42. The number of benzene rings is 1. The number of morpholine rings is 1. The summed E-state index contributed by atoms with van der Waals surface area (Å²) >= 11 is 0. The molecule has 1 amide bonds. The molecule has 2 aromatic rings. The predicted molar refractivity (Wildman–Crippen MR) is 90.0 cm³/mol. The number of ether oxygens (including phenoxy) is 3. The monoisotopic (exact) mass is 343 g/mol. The number of hydrogen-bond acceptors (Lipinski definition) is 5. The molecule has 7 heteroatoms. The first-order valence-electron chi connectivity index (χ1n) is 8.42. The minimum Gasteiger partial charge on any atom is -0.486 e. The van der Waals surface area contributed by atoms with E-state index in [1.165, 1.54) is 0 Å². The van der Waals surface area contributed by atoms with E-state index in [-0.39, 0.29) is 12.0 Å². The largest absolute Gasteiger partial charge is 0.486 e. The van der Waals surface area contributed by atoms with Gasteiger partial charge in [-0.05, 0) is 25.1 Å². The van der Waals surface area contributed by atoms with Crippen LogP contribution in [0.4, 0.5) is 0 Å². The van der Waals surface area contributed by atoms with Crippen molar-refractivity contribution in [3.05, 3.63) is 41.5 Å². The van der Waals surface area contributed by atoms with Crippen LogP contribution in [0, 0.1) is 6.92 Å². The highest BCUT2D eigenvalue weighted by molar-refractivity contribution is 5.95. The fourth-order valence-corrected chi connectivity index (χ4v) is 3.28. The summed E-state index contributed by atoms with van der Waals surface area (Å²) in [6.45, 7) is 4.53. The van der Waals surface area contributed by atoms with Gasteiger partial charge in [0.15, 0.2) is 11.5 Å². The van der Waals surface area contributed by atoms with Crippen molar-refractivity contribution in [2.45, 2.75) is 13.0 Å². The van der Waals surface area contributed by atoms with Crippen molar-refractivity contribution in [1.29, 1.82) is 0 Å². The number of aryl methyl sites for hydroxylation is 2. The van der Waals surface area contributed by atoms with Crippen LogP contribution in [0.3, 0.4) is 0 Å². The van der Waals surface area contributed by atoms with Gasteiger partial charge in [-0.1, -0.05) is 0 Å². The van der Waals surface area contributed by atoms with E-state index in [2.05, 4.69) is 4.98 Å². The lowest BCUT2D eigenvalue weighted by molar-refractivity contribution is -0.0279. The summed E-state index contributed by atoms with van der Waals surface area (Å²) in [5.41, 5.74) is 1.54. The van der Waals surface area contributed by atoms with Crippen LogP contribution in [0.15, 0.2) is 24.4 Å². The second-order valence-corrected chi connectivity index (χ2v) is 6.32. The third-order valence-corrected chi connectivity index (χ3v) is 4.46. The second-order valence-electron chi connectivity index (χ2n) is 6.32. The highest BCUT2D eigenvalue weighted by atomic mass is 16.6. The Balaban J connectivity index is 1.53. The third-order valence-electron chi connectivity index (χ3n) is 4.46. The summed E-state index contributed by atoms with van der Waals surface area (Å²) in [5.74, 6) is 2.13. The standard InChI is InChI=1S/C18H21N3O4/c1-12-10-20(2)17(19-12)16-11-21(5-6-23-16)18(22)13-3-4-14-15(9-13)25-8-7-24-14/h3-4,9-10,16H,5-8,11H2,1-2H3/t16-/m0/s1. The zero-order valence-electron chi connectivity index (χ0n) is 14.4. The molecule has 132 valence electrons. The molecule has 1 aromatic carbocycles. The number of hydrogen-bond donors (Lipinski definition) is 0. The van der Waals surface area contributed by atoms with E-state index in [1.807, 2.05) is 29.6 Å². The Morgan fingerprint density at radius 1 is 1.20 bits per heavy atom. The van der Waals surface area contributed by atoms with Crippen LogP contribution in [0.2, 0.25) is 0 Å². The molecule has 0 bridgehead atoms. The summed E-state index contributed by atoms with van der Waals surface area (Å²) < 4.78 is 18.9. The molecule has 7 nitrogen and oxygen atoms in total. The van der Waals surface area contributed by atoms with E-state index in [0.717, 1.165) is 11.5 Å². The smallest absolute Gasteiger partial charge is 0.254 e. The topological polar surface area (TPSA) is 65.8 Å². The summed E-state index contributed by atoms with van der Waals surface area (Å²) in [7, 11) is 1.94. The fourth-order valence-electron chi connectivity index (χ4n) is 3.28. The number of rotatable bonds is 2. The zero-order chi connectivity index (χ0) is 17.4. The molecule has 0 saturated carbocycles. The maximum absolute atomic E-state index is 12.9. The van der Waals surface area contributed by atoms with E-state index >= 15 is 0 Å². The van der Waals surface area contributed by atoms with Gasteiger partial charge in [0.2, 0.25) is 0 Å². The highest BCUT2D eigenvalue weighted by Crippen LogP contribution is 2.31. The molecule has 1 aromatic heterocycles. The summed E-state index contributed by atoms with van der Waals surface area (Å²) in [6.07, 6.45) is 1.74. The zero-order valence-corrected chi connectivity index (χ0v) is 14.4. The summed E-state index contributed by atoms with van der Waals surface area (Å²) in [6, 6.07) is 5.33. The third kappa shape index (κ3) is 3.07. The van der Waals surface area contributed by atoms with E-state index in [0.29, 0.717) is 50.0 Å². The Morgan fingerprint density at radius 2 is 2.00 bits per heavy atom. The fraction of sp³-hybridized carbons (Fsp3) is 0.444. The summed E-state index contributed by atoms with van der Waals surface area (Å²) in [4.78, 5) is 19.2. The molecular weight excluding hydrogens is 322 g/mol. The average molecular weight is 343 g/mol. The molecule has 0 unspecified atom stereocenters. The second kappa shape index (κ2) is 6.40. The highest BCUT2D eigenvalue weighted by Gasteiger charge is 2.29. The quantitative estimate of drug-likeness (QED) is 0.831. The summed E-state index contributed by atoms with van der Waals surface area (Å²) in [5, 5.41) is 0. The van der Waals surface area contributed by atoms with Gasteiger partial charge in [-0.2, -0.15) is 0 Å². The SMILES string of the molecule is Cc1cn(C)c([C@@H]2CN(C(=O)c3ccc4c(c3)OCCO4)CCO2)n1. The molecule has 2 aliphatic rings. The van der Waals surface area contributed by atoms with Crippen LogP contribution >= 0.6 is 0 Å². The van der Waals surface area contributed by atoms with Gasteiger partial charge in [0.1, 0.15) is 25.1 Å². The number of aromatic nitrogens is 2. The molecule has 4 rings (SSSR count). The molecule has 0 spiro atoms. The van der Waals surface area contributed by atoms with Crippen molar-refractivity contribution >= 4 is 5.91 Å². The molecule has 1 atom stereocenters. The molecule has 2 aliphatic heterocycles. The maximum atomic E-state index is 12.9. The minimum absolute atomic E-state index is 0.0313. The van der Waals surface area contributed by atoms with Gasteiger partial charge in [0.05, 0.1) is 18.8 Å². The van der Waals surface area contributed by atoms with E-state index in [9.17, 15) is 4.79 Å². The Kier molecular flexibility index (Phi) is 4.09. The van der Waals surface area contributed by atoms with Crippen LogP contribution in [-0.2, 0) is 11.8 Å². The molecule has 0 N–H and O–H groups in total. The van der Waals surface area contributed by atoms with Gasteiger partial charge in [0, 0.05) is 25.4 Å². The first-order valence-corrected chi connectivity index (χ1v) is 8.42. The van der Waals surface area contributed by atoms with Crippen molar-refractivity contribution in [1.82, 2.24) is 14.5 Å². The first kappa shape index (κ1) is 16.0. The number of fused-ring (bicyclic) bond motifs is 1. The molecule has 0 aliphatic carbocycles. The van der Waals surface area contributed by atoms with Gasteiger partial charge in [-0.15, -0.1) is 0 Å². The number of carbonyl (C=O) groups is 1. The van der Waals surface area contributed by atoms with Crippen LogP contribution in [0.25, 0.3) is 0 Å². The van der Waals surface area contributed by atoms with Gasteiger partial charge in [-0.25, -0.2) is 4.98 Å². The Morgan fingerprint density at radius 3 is 2.76 bits per heavy atom. The van der Waals surface area contributed by atoms with Crippen LogP contribution in [-0.4, -0.2) is 53.3 Å². The molecule has 1 fully saturated rings. The number of nitrogens with zero attached hydrogens (tertiary/aromatic N) is 3. The Bertz CT molecular complexity index is 802. The van der Waals surface area contributed by atoms with Crippen molar-refractivity contribution < 1.29 is 19.0 Å². The number of amides is 1. The van der Waals surface area contributed by atoms with E-state index < -0.39 is 0 Å². The van der Waals surface area contributed by atoms with E-state index in [1.54, 1.807) is 18.2 Å². The molecule has 0 radical (unpaired) electrons. The predicted octanol–water partition coefficient (Wildman–Crippen LogP) is 1.71. The molecule has 25 heavy (non-hydrogen) atoms. The van der Waals surface area contributed by atoms with Gasteiger partial charge in [-0.3, -0.25) is 4.79 Å². The molecular formula is C18H21N3O4. The van der Waals surface area contributed by atoms with Crippen LogP contribution in [0.1, 0.15) is 28.0 Å². The molecule has 1 saturated heterocycles. The van der Waals surface area contributed by atoms with Crippen molar-refractivity contribution in [2.24, 2.45) is 7.05 Å². The first-order chi connectivity index (χ1) is 12.1. The van der Waals surface area contributed by atoms with E-state index in [4.69, 9.17) is 14.2 Å². The van der Waals surface area contributed by atoms with Gasteiger partial charge in [0.25, 0.3) is 5.91 Å². The van der Waals surface area contributed by atoms with Crippen molar-refractivity contribution in [3.8, 4) is 11.5 Å². The number of imidazole rings is 1. The number of carbonyl (C=O) groups excluding carboxylic acids is 1. The molecule has 3 heterocycles. The lowest BCUT2D eigenvalue weighted by Gasteiger charge is -2.32. The van der Waals surface area contributed by atoms with Crippen LogP contribution < -0.4 is 9.47 Å².